The van der Waals surface area contributed by atoms with Crippen molar-refractivity contribution in [3.63, 3.8) is 0 Å². The molecule has 0 aliphatic rings. The minimum absolute atomic E-state index is 0.378. The molecule has 96 valence electrons. The Hall–Kier alpha value is -0.290. The number of hydrogen-bond donors (Lipinski definition) is 2. The minimum Gasteiger partial charge on any atom is -0.391 e. The molecule has 3 nitrogen and oxygen atoms in total. The standard InChI is InChI=1S/C12H19ClN2OS/c1-9(2)6-14-7-10(16)8-17-12-11(13)4-3-5-15-12/h3-5,9-10,14,16H,6-8H2,1-2H3. The lowest BCUT2D eigenvalue weighted by atomic mass is 10.2. The summed E-state index contributed by atoms with van der Waals surface area (Å²) in [5.41, 5.74) is 0. The Kier molecular flexibility index (Phi) is 6.89. The van der Waals surface area contributed by atoms with Gasteiger partial charge in [0.2, 0.25) is 0 Å². The number of nitrogens with zero attached hydrogens (tertiary/aromatic N) is 1. The molecule has 1 unspecified atom stereocenters. The fourth-order valence-electron chi connectivity index (χ4n) is 1.25. The summed E-state index contributed by atoms with van der Waals surface area (Å²) < 4.78 is 0. The van der Waals surface area contributed by atoms with E-state index in [1.54, 1.807) is 18.3 Å². The molecule has 2 N–H and O–H groups in total. The first kappa shape index (κ1) is 14.8. The lowest BCUT2D eigenvalue weighted by molar-refractivity contribution is 0.194. The third kappa shape index (κ3) is 6.27. The van der Waals surface area contributed by atoms with E-state index >= 15 is 0 Å². The van der Waals surface area contributed by atoms with Crippen LogP contribution in [0.2, 0.25) is 5.02 Å². The monoisotopic (exact) mass is 274 g/mol. The van der Waals surface area contributed by atoms with Gasteiger partial charge in [0.15, 0.2) is 0 Å². The quantitative estimate of drug-likeness (QED) is 0.750. The SMILES string of the molecule is CC(C)CNCC(O)CSc1ncccc1Cl. The van der Waals surface area contributed by atoms with E-state index in [1.165, 1.54) is 11.8 Å². The summed E-state index contributed by atoms with van der Waals surface area (Å²) in [6.45, 7) is 5.81. The normalized spacial score (nSPS) is 13.0. The van der Waals surface area contributed by atoms with Gasteiger partial charge in [-0.1, -0.05) is 25.4 Å². The molecular weight excluding hydrogens is 256 g/mol. The molecule has 1 atom stereocenters. The Labute approximate surface area is 112 Å². The molecule has 0 bridgehead atoms. The van der Waals surface area contributed by atoms with Gasteiger partial charge in [-0.2, -0.15) is 0 Å². The van der Waals surface area contributed by atoms with Crippen LogP contribution < -0.4 is 5.32 Å². The van der Waals surface area contributed by atoms with Crippen LogP contribution in [0.1, 0.15) is 13.8 Å². The van der Waals surface area contributed by atoms with Gasteiger partial charge in [0.1, 0.15) is 5.03 Å². The maximum Gasteiger partial charge on any atom is 0.115 e. The summed E-state index contributed by atoms with van der Waals surface area (Å²) in [6.07, 6.45) is 1.33. The lowest BCUT2D eigenvalue weighted by Gasteiger charge is -2.12. The van der Waals surface area contributed by atoms with Crippen LogP contribution in [-0.4, -0.2) is 35.0 Å². The number of aromatic nitrogens is 1. The third-order valence-electron chi connectivity index (χ3n) is 2.07. The van der Waals surface area contributed by atoms with E-state index < -0.39 is 0 Å². The topological polar surface area (TPSA) is 45.1 Å². The summed E-state index contributed by atoms with van der Waals surface area (Å²) >= 11 is 7.45. The van der Waals surface area contributed by atoms with E-state index in [0.29, 0.717) is 23.2 Å². The molecule has 1 aromatic heterocycles. The first-order chi connectivity index (χ1) is 8.09. The molecule has 1 rings (SSSR count). The Morgan fingerprint density at radius 3 is 2.88 bits per heavy atom. The van der Waals surface area contributed by atoms with Crippen molar-refractivity contribution in [1.29, 1.82) is 0 Å². The second-order valence-electron chi connectivity index (χ2n) is 4.31. The Morgan fingerprint density at radius 2 is 2.24 bits per heavy atom. The van der Waals surface area contributed by atoms with Crippen molar-refractivity contribution in [2.45, 2.75) is 25.0 Å². The number of halogens is 1. The molecule has 0 spiro atoms. The van der Waals surface area contributed by atoms with E-state index in [-0.39, 0.29) is 6.10 Å². The average molecular weight is 275 g/mol. The van der Waals surface area contributed by atoms with E-state index in [9.17, 15) is 5.11 Å². The van der Waals surface area contributed by atoms with Gasteiger partial charge in [0, 0.05) is 18.5 Å². The van der Waals surface area contributed by atoms with E-state index in [1.807, 2.05) is 0 Å². The zero-order valence-electron chi connectivity index (χ0n) is 10.2. The largest absolute Gasteiger partial charge is 0.391 e. The molecule has 0 aliphatic heterocycles. The van der Waals surface area contributed by atoms with Crippen LogP contribution in [0.25, 0.3) is 0 Å². The zero-order chi connectivity index (χ0) is 12.7. The van der Waals surface area contributed by atoms with Gasteiger partial charge < -0.3 is 10.4 Å². The summed E-state index contributed by atoms with van der Waals surface area (Å²) in [7, 11) is 0. The van der Waals surface area contributed by atoms with Gasteiger partial charge in [0.05, 0.1) is 11.1 Å². The van der Waals surface area contributed by atoms with Gasteiger partial charge in [-0.05, 0) is 24.6 Å². The van der Waals surface area contributed by atoms with Crippen LogP contribution in [0.4, 0.5) is 0 Å². The number of pyridine rings is 1. The zero-order valence-corrected chi connectivity index (χ0v) is 11.8. The highest BCUT2D eigenvalue weighted by molar-refractivity contribution is 7.99. The molecule has 1 heterocycles. The fourth-order valence-corrected chi connectivity index (χ4v) is 2.34. The van der Waals surface area contributed by atoms with Gasteiger partial charge in [0.25, 0.3) is 0 Å². The third-order valence-corrected chi connectivity index (χ3v) is 3.64. The van der Waals surface area contributed by atoms with Crippen molar-refractivity contribution in [1.82, 2.24) is 10.3 Å². The smallest absolute Gasteiger partial charge is 0.115 e. The molecule has 0 amide bonds. The van der Waals surface area contributed by atoms with Gasteiger partial charge >= 0.3 is 0 Å². The molecule has 5 heteroatoms. The highest BCUT2D eigenvalue weighted by Crippen LogP contribution is 2.24. The van der Waals surface area contributed by atoms with E-state index in [0.717, 1.165) is 11.6 Å². The van der Waals surface area contributed by atoms with Crippen LogP contribution in [0.15, 0.2) is 23.4 Å². The van der Waals surface area contributed by atoms with Crippen molar-refractivity contribution in [3.05, 3.63) is 23.4 Å². The second kappa shape index (κ2) is 7.93. The Morgan fingerprint density at radius 1 is 1.47 bits per heavy atom. The van der Waals surface area contributed by atoms with Crippen LogP contribution in [0.5, 0.6) is 0 Å². The maximum atomic E-state index is 9.76. The number of thioether (sulfide) groups is 1. The first-order valence-corrected chi connectivity index (χ1v) is 7.08. The van der Waals surface area contributed by atoms with Gasteiger partial charge in [-0.25, -0.2) is 4.98 Å². The summed E-state index contributed by atoms with van der Waals surface area (Å²) in [6, 6.07) is 3.60. The molecule has 0 fully saturated rings. The Bertz CT molecular complexity index is 336. The first-order valence-electron chi connectivity index (χ1n) is 5.71. The van der Waals surface area contributed by atoms with E-state index in [4.69, 9.17) is 11.6 Å². The van der Waals surface area contributed by atoms with Crippen molar-refractivity contribution in [2.75, 3.05) is 18.8 Å². The summed E-state index contributed by atoms with van der Waals surface area (Å²) in [5.74, 6) is 1.20. The van der Waals surface area contributed by atoms with Crippen molar-refractivity contribution >= 4 is 23.4 Å². The number of aliphatic hydroxyl groups is 1. The predicted molar refractivity (Wildman–Crippen MR) is 73.7 cm³/mol. The average Bonchev–Trinajstić information content (AvgIpc) is 2.27. The highest BCUT2D eigenvalue weighted by atomic mass is 35.5. The lowest BCUT2D eigenvalue weighted by Crippen LogP contribution is -2.31. The number of hydrogen-bond acceptors (Lipinski definition) is 4. The predicted octanol–water partition coefficient (Wildman–Crippen LogP) is 2.43. The highest BCUT2D eigenvalue weighted by Gasteiger charge is 2.07. The molecule has 0 saturated heterocycles. The van der Waals surface area contributed by atoms with Crippen molar-refractivity contribution in [3.8, 4) is 0 Å². The van der Waals surface area contributed by atoms with Crippen LogP contribution >= 0.6 is 23.4 Å². The molecule has 0 aliphatic carbocycles. The maximum absolute atomic E-state index is 9.76. The minimum atomic E-state index is -0.378. The van der Waals surface area contributed by atoms with Crippen LogP contribution in [0.3, 0.4) is 0 Å². The molecule has 0 radical (unpaired) electrons. The molecule has 0 saturated carbocycles. The molecule has 0 aromatic carbocycles. The number of aliphatic hydroxyl groups excluding tert-OH is 1. The number of rotatable bonds is 7. The van der Waals surface area contributed by atoms with Crippen LogP contribution in [0, 0.1) is 5.92 Å². The molecular formula is C12H19ClN2OS. The second-order valence-corrected chi connectivity index (χ2v) is 5.72. The number of nitrogens with one attached hydrogen (secondary N) is 1. The molecule has 1 aromatic rings. The fraction of sp³-hybridized carbons (Fsp3) is 0.583. The van der Waals surface area contributed by atoms with Gasteiger partial charge in [-0.3, -0.25) is 0 Å². The van der Waals surface area contributed by atoms with Crippen LogP contribution in [-0.2, 0) is 0 Å². The van der Waals surface area contributed by atoms with Crippen molar-refractivity contribution < 1.29 is 5.11 Å². The Balaban J connectivity index is 2.24. The summed E-state index contributed by atoms with van der Waals surface area (Å²) in [5, 5.41) is 14.4. The van der Waals surface area contributed by atoms with Crippen molar-refractivity contribution in [2.24, 2.45) is 5.92 Å². The van der Waals surface area contributed by atoms with E-state index in [2.05, 4.69) is 24.1 Å². The summed E-state index contributed by atoms with van der Waals surface area (Å²) in [4.78, 5) is 4.16. The molecule has 17 heavy (non-hydrogen) atoms. The van der Waals surface area contributed by atoms with Gasteiger partial charge in [-0.15, -0.1) is 11.8 Å².